The van der Waals surface area contributed by atoms with Gasteiger partial charge in [-0.1, -0.05) is 31.5 Å². The highest BCUT2D eigenvalue weighted by molar-refractivity contribution is 5.86. The van der Waals surface area contributed by atoms with Crippen LogP contribution in [0, 0.1) is 0 Å². The van der Waals surface area contributed by atoms with Gasteiger partial charge in [0.1, 0.15) is 11.3 Å². The molecule has 0 spiro atoms. The lowest BCUT2D eigenvalue weighted by Crippen LogP contribution is -2.49. The first-order valence-corrected chi connectivity index (χ1v) is 7.88. The summed E-state index contributed by atoms with van der Waals surface area (Å²) in [5.74, 6) is 0.914. The van der Waals surface area contributed by atoms with E-state index in [1.807, 2.05) is 18.2 Å². The second-order valence-electron chi connectivity index (χ2n) is 6.49. The largest absolute Gasteiger partial charge is 0.461 e. The van der Waals surface area contributed by atoms with Crippen molar-refractivity contribution < 1.29 is 9.21 Å². The zero-order chi connectivity index (χ0) is 16.3. The smallest absolute Gasteiger partial charge is 0.242 e. The Morgan fingerprint density at radius 2 is 2.00 bits per heavy atom. The molecule has 0 atom stereocenters. The molecule has 1 aromatic heterocycles. The molecular formula is C18H26N2O2. The lowest BCUT2D eigenvalue weighted by atomic mass is 10.0. The van der Waals surface area contributed by atoms with E-state index in [0.29, 0.717) is 6.54 Å². The van der Waals surface area contributed by atoms with E-state index in [2.05, 4.69) is 13.0 Å². The van der Waals surface area contributed by atoms with E-state index in [4.69, 9.17) is 10.2 Å². The first kappa shape index (κ1) is 16.6. The summed E-state index contributed by atoms with van der Waals surface area (Å²) in [6, 6.07) is 8.00. The van der Waals surface area contributed by atoms with E-state index in [-0.39, 0.29) is 5.91 Å². The van der Waals surface area contributed by atoms with Crippen molar-refractivity contribution >= 4 is 16.9 Å². The molecule has 0 saturated heterocycles. The minimum absolute atomic E-state index is 0.0702. The number of carbonyl (C=O) groups is 1. The van der Waals surface area contributed by atoms with Gasteiger partial charge in [-0.2, -0.15) is 0 Å². The van der Waals surface area contributed by atoms with Gasteiger partial charge in [-0.15, -0.1) is 0 Å². The van der Waals surface area contributed by atoms with Crippen LogP contribution in [0.3, 0.4) is 0 Å². The third-order valence-electron chi connectivity index (χ3n) is 3.83. The van der Waals surface area contributed by atoms with Gasteiger partial charge in [0.05, 0.1) is 5.54 Å². The fourth-order valence-electron chi connectivity index (χ4n) is 2.66. The van der Waals surface area contributed by atoms with Crippen LogP contribution in [-0.4, -0.2) is 23.4 Å². The number of fused-ring (bicyclic) bond motifs is 1. The van der Waals surface area contributed by atoms with Crippen molar-refractivity contribution in [1.82, 2.24) is 4.90 Å². The van der Waals surface area contributed by atoms with Crippen LogP contribution in [0.1, 0.15) is 44.9 Å². The molecule has 0 aliphatic heterocycles. The van der Waals surface area contributed by atoms with Crippen LogP contribution < -0.4 is 5.73 Å². The number of amides is 1. The minimum Gasteiger partial charge on any atom is -0.461 e. The molecule has 0 bridgehead atoms. The van der Waals surface area contributed by atoms with Crippen molar-refractivity contribution in [2.45, 2.75) is 52.1 Å². The number of nitrogens with zero attached hydrogens (tertiary/aromatic N) is 1. The summed E-state index contributed by atoms with van der Waals surface area (Å²) in [7, 11) is 1.79. The maximum absolute atomic E-state index is 12.3. The molecule has 4 nitrogen and oxygen atoms in total. The van der Waals surface area contributed by atoms with E-state index < -0.39 is 5.54 Å². The number of para-hydroxylation sites is 1. The van der Waals surface area contributed by atoms with Crippen LogP contribution in [-0.2, 0) is 17.8 Å². The summed E-state index contributed by atoms with van der Waals surface area (Å²) >= 11 is 0. The Balaban J connectivity index is 2.34. The van der Waals surface area contributed by atoms with Crippen LogP contribution in [0.25, 0.3) is 11.0 Å². The molecule has 2 N–H and O–H groups in total. The van der Waals surface area contributed by atoms with Gasteiger partial charge >= 0.3 is 0 Å². The number of furan rings is 1. The zero-order valence-electron chi connectivity index (χ0n) is 14.0. The monoisotopic (exact) mass is 302 g/mol. The molecule has 0 radical (unpaired) electrons. The lowest BCUT2D eigenvalue weighted by molar-refractivity contribution is -0.134. The predicted octanol–water partition coefficient (Wildman–Crippen LogP) is 3.47. The molecule has 2 aromatic rings. The fourth-order valence-corrected chi connectivity index (χ4v) is 2.66. The van der Waals surface area contributed by atoms with Gasteiger partial charge < -0.3 is 15.1 Å². The molecule has 0 unspecified atom stereocenters. The van der Waals surface area contributed by atoms with Crippen molar-refractivity contribution in [2.75, 3.05) is 7.05 Å². The number of aryl methyl sites for hydroxylation is 1. The number of likely N-dealkylation sites (N-methyl/N-ethyl adjacent to an activating group) is 1. The number of rotatable bonds is 6. The third kappa shape index (κ3) is 3.50. The Labute approximate surface area is 132 Å². The minimum atomic E-state index is -0.863. The standard InChI is InChI=1S/C18H26N2O2/c1-5-6-10-16-14(12-20(4)17(21)18(2,3)19)13-9-7-8-11-15(13)22-16/h7-9,11H,5-6,10,12,19H2,1-4H3. The SMILES string of the molecule is CCCCc1oc2ccccc2c1CN(C)C(=O)C(C)(C)N. The number of hydrogen-bond acceptors (Lipinski definition) is 3. The van der Waals surface area contributed by atoms with Crippen LogP contribution in [0.4, 0.5) is 0 Å². The third-order valence-corrected chi connectivity index (χ3v) is 3.83. The maximum atomic E-state index is 12.3. The Morgan fingerprint density at radius 1 is 1.32 bits per heavy atom. The van der Waals surface area contributed by atoms with Crippen molar-refractivity contribution in [1.29, 1.82) is 0 Å². The highest BCUT2D eigenvalue weighted by Gasteiger charge is 2.27. The molecule has 4 heteroatoms. The van der Waals surface area contributed by atoms with Crippen molar-refractivity contribution in [3.63, 3.8) is 0 Å². The van der Waals surface area contributed by atoms with E-state index in [1.165, 1.54) is 0 Å². The average molecular weight is 302 g/mol. The van der Waals surface area contributed by atoms with Gasteiger partial charge in [-0.3, -0.25) is 4.79 Å². The van der Waals surface area contributed by atoms with Crippen LogP contribution in [0.2, 0.25) is 0 Å². The van der Waals surface area contributed by atoms with Crippen LogP contribution >= 0.6 is 0 Å². The van der Waals surface area contributed by atoms with E-state index in [0.717, 1.165) is 41.6 Å². The van der Waals surface area contributed by atoms with Crippen LogP contribution in [0.15, 0.2) is 28.7 Å². The topological polar surface area (TPSA) is 59.5 Å². The van der Waals surface area contributed by atoms with Gasteiger partial charge in [0.25, 0.3) is 0 Å². The molecule has 1 amide bonds. The van der Waals surface area contributed by atoms with E-state index >= 15 is 0 Å². The quantitative estimate of drug-likeness (QED) is 0.889. The van der Waals surface area contributed by atoms with E-state index in [1.54, 1.807) is 25.8 Å². The second kappa shape index (κ2) is 6.53. The van der Waals surface area contributed by atoms with Gasteiger partial charge in [0.2, 0.25) is 5.91 Å². The summed E-state index contributed by atoms with van der Waals surface area (Å²) in [5.41, 5.74) is 7.05. The molecule has 1 aromatic carbocycles. The molecule has 22 heavy (non-hydrogen) atoms. The number of carbonyl (C=O) groups excluding carboxylic acids is 1. The molecule has 1 heterocycles. The summed E-state index contributed by atoms with van der Waals surface area (Å²) in [5, 5.41) is 1.09. The number of unbranched alkanes of at least 4 members (excludes halogenated alkanes) is 1. The van der Waals surface area contributed by atoms with Crippen LogP contribution in [0.5, 0.6) is 0 Å². The average Bonchev–Trinajstić information content (AvgIpc) is 2.81. The molecule has 0 saturated carbocycles. The molecular weight excluding hydrogens is 276 g/mol. The van der Waals surface area contributed by atoms with Crippen molar-refractivity contribution in [3.8, 4) is 0 Å². The van der Waals surface area contributed by atoms with Gasteiger partial charge in [-0.25, -0.2) is 0 Å². The summed E-state index contributed by atoms with van der Waals surface area (Å²) in [6.45, 7) is 6.15. The highest BCUT2D eigenvalue weighted by Crippen LogP contribution is 2.28. The molecule has 0 aliphatic carbocycles. The second-order valence-corrected chi connectivity index (χ2v) is 6.49. The van der Waals surface area contributed by atoms with Crippen molar-refractivity contribution in [3.05, 3.63) is 35.6 Å². The fraction of sp³-hybridized carbons (Fsp3) is 0.500. The Kier molecular flexibility index (Phi) is 4.91. The van der Waals surface area contributed by atoms with Gasteiger partial charge in [0, 0.05) is 31.0 Å². The Hall–Kier alpha value is -1.81. The first-order chi connectivity index (χ1) is 10.3. The Morgan fingerprint density at radius 3 is 2.64 bits per heavy atom. The zero-order valence-corrected chi connectivity index (χ0v) is 14.0. The van der Waals surface area contributed by atoms with Gasteiger partial charge in [-0.05, 0) is 26.3 Å². The maximum Gasteiger partial charge on any atom is 0.242 e. The molecule has 0 aliphatic rings. The first-order valence-electron chi connectivity index (χ1n) is 7.88. The number of benzene rings is 1. The van der Waals surface area contributed by atoms with E-state index in [9.17, 15) is 4.79 Å². The molecule has 2 rings (SSSR count). The number of hydrogen-bond donors (Lipinski definition) is 1. The molecule has 0 fully saturated rings. The molecule has 120 valence electrons. The van der Waals surface area contributed by atoms with Crippen molar-refractivity contribution in [2.24, 2.45) is 5.73 Å². The normalized spacial score (nSPS) is 11.9. The number of nitrogens with two attached hydrogens (primary N) is 1. The predicted molar refractivity (Wildman–Crippen MR) is 89.6 cm³/mol. The highest BCUT2D eigenvalue weighted by atomic mass is 16.3. The summed E-state index contributed by atoms with van der Waals surface area (Å²) in [4.78, 5) is 14.0. The van der Waals surface area contributed by atoms with Gasteiger partial charge in [0.15, 0.2) is 0 Å². The summed E-state index contributed by atoms with van der Waals surface area (Å²) in [6.07, 6.45) is 3.09. The summed E-state index contributed by atoms with van der Waals surface area (Å²) < 4.78 is 6.00. The lowest BCUT2D eigenvalue weighted by Gasteiger charge is -2.26. The Bertz CT molecular complexity index is 653.